The first kappa shape index (κ1) is 22.5. The Morgan fingerprint density at radius 2 is 2.09 bits per heavy atom. The summed E-state index contributed by atoms with van der Waals surface area (Å²) in [6.45, 7) is 2.97. The van der Waals surface area contributed by atoms with Gasteiger partial charge in [0, 0.05) is 12.1 Å². The van der Waals surface area contributed by atoms with Gasteiger partial charge in [0.2, 0.25) is 0 Å². The van der Waals surface area contributed by atoms with Gasteiger partial charge in [-0.2, -0.15) is 5.10 Å². The molecule has 3 aromatic heterocycles. The van der Waals surface area contributed by atoms with Crippen molar-refractivity contribution in [2.24, 2.45) is 5.10 Å². The van der Waals surface area contributed by atoms with Gasteiger partial charge < -0.3 is 18.9 Å². The monoisotopic (exact) mass is 469 g/mol. The van der Waals surface area contributed by atoms with Crippen molar-refractivity contribution in [1.29, 1.82) is 0 Å². The molecule has 1 aliphatic rings. The van der Waals surface area contributed by atoms with Crippen LogP contribution in [0.3, 0.4) is 0 Å². The number of carbonyl (C=O) groups is 3. The van der Waals surface area contributed by atoms with Crippen LogP contribution in [0.15, 0.2) is 45.4 Å². The SMILES string of the molecule is CCc1[nH]c(C(=O)OCC(=O)N2N=C(c3cccs3)CC2c2ccco2)c(C)c1C(=O)OC. The van der Waals surface area contributed by atoms with Crippen LogP contribution in [-0.4, -0.2) is 47.3 Å². The van der Waals surface area contributed by atoms with Crippen molar-refractivity contribution < 1.29 is 28.3 Å². The third-order valence-electron chi connectivity index (χ3n) is 5.44. The number of ether oxygens (including phenoxy) is 2. The average Bonchev–Trinajstić information content (AvgIpc) is 3.61. The lowest BCUT2D eigenvalue weighted by molar-refractivity contribution is -0.136. The molecular weight excluding hydrogens is 446 g/mol. The van der Waals surface area contributed by atoms with Crippen molar-refractivity contribution in [2.75, 3.05) is 13.7 Å². The Hall–Kier alpha value is -3.66. The molecule has 0 aliphatic carbocycles. The zero-order valence-corrected chi connectivity index (χ0v) is 19.2. The number of hydrogen-bond donors (Lipinski definition) is 1. The van der Waals surface area contributed by atoms with Crippen LogP contribution in [0.5, 0.6) is 0 Å². The van der Waals surface area contributed by atoms with Crippen molar-refractivity contribution in [3.63, 3.8) is 0 Å². The minimum absolute atomic E-state index is 0.117. The Labute approximate surface area is 194 Å². The number of nitrogens with one attached hydrogen (secondary N) is 1. The Morgan fingerprint density at radius 3 is 2.73 bits per heavy atom. The highest BCUT2D eigenvalue weighted by Gasteiger charge is 2.36. The summed E-state index contributed by atoms with van der Waals surface area (Å²) < 4.78 is 15.6. The summed E-state index contributed by atoms with van der Waals surface area (Å²) >= 11 is 1.53. The number of hydrogen-bond acceptors (Lipinski definition) is 8. The molecule has 0 spiro atoms. The smallest absolute Gasteiger partial charge is 0.355 e. The van der Waals surface area contributed by atoms with Crippen LogP contribution in [0.2, 0.25) is 0 Å². The van der Waals surface area contributed by atoms with Crippen LogP contribution in [0.1, 0.15) is 62.1 Å². The number of esters is 2. The maximum Gasteiger partial charge on any atom is 0.355 e. The summed E-state index contributed by atoms with van der Waals surface area (Å²) in [4.78, 5) is 41.7. The predicted molar refractivity (Wildman–Crippen MR) is 120 cm³/mol. The molecule has 4 rings (SSSR count). The molecule has 1 N–H and O–H groups in total. The van der Waals surface area contributed by atoms with Crippen LogP contribution in [0.4, 0.5) is 0 Å². The van der Waals surface area contributed by atoms with Crippen molar-refractivity contribution >= 4 is 34.9 Å². The van der Waals surface area contributed by atoms with Gasteiger partial charge >= 0.3 is 11.9 Å². The lowest BCUT2D eigenvalue weighted by atomic mass is 10.1. The van der Waals surface area contributed by atoms with Crippen LogP contribution in [-0.2, 0) is 20.7 Å². The maximum absolute atomic E-state index is 13.0. The van der Waals surface area contributed by atoms with Crippen LogP contribution in [0, 0.1) is 6.92 Å². The van der Waals surface area contributed by atoms with Crippen LogP contribution < -0.4 is 0 Å². The van der Waals surface area contributed by atoms with Gasteiger partial charge in [-0.15, -0.1) is 11.3 Å². The second-order valence-corrected chi connectivity index (χ2v) is 8.35. The Kier molecular flexibility index (Phi) is 6.45. The molecule has 10 heteroatoms. The topological polar surface area (TPSA) is 114 Å². The molecule has 1 atom stereocenters. The Morgan fingerprint density at radius 1 is 1.27 bits per heavy atom. The van der Waals surface area contributed by atoms with Gasteiger partial charge in [0.15, 0.2) is 6.61 Å². The number of carbonyl (C=O) groups excluding carboxylic acids is 3. The highest BCUT2D eigenvalue weighted by Crippen LogP contribution is 2.34. The standard InChI is InChI=1S/C23H23N3O6S/c1-4-14-20(22(28)30-3)13(2)21(24-14)23(29)32-12-19(27)26-16(17-7-5-9-31-17)11-15(25-26)18-8-6-10-33-18/h5-10,16,24H,4,11-12H2,1-3H3. The van der Waals surface area contributed by atoms with E-state index in [9.17, 15) is 14.4 Å². The lowest BCUT2D eigenvalue weighted by Gasteiger charge is -2.19. The first-order valence-electron chi connectivity index (χ1n) is 10.4. The van der Waals surface area contributed by atoms with E-state index in [0.717, 1.165) is 10.6 Å². The summed E-state index contributed by atoms with van der Waals surface area (Å²) in [5.41, 5.74) is 2.18. The summed E-state index contributed by atoms with van der Waals surface area (Å²) in [5, 5.41) is 7.74. The van der Waals surface area contributed by atoms with E-state index in [0.29, 0.717) is 35.4 Å². The lowest BCUT2D eigenvalue weighted by Crippen LogP contribution is -2.31. The fraction of sp³-hybridized carbons (Fsp3) is 0.304. The normalized spacial score (nSPS) is 15.4. The minimum Gasteiger partial charge on any atom is -0.467 e. The van der Waals surface area contributed by atoms with Crippen molar-refractivity contribution in [3.05, 3.63) is 69.1 Å². The predicted octanol–water partition coefficient (Wildman–Crippen LogP) is 3.86. The van der Waals surface area contributed by atoms with E-state index in [2.05, 4.69) is 10.1 Å². The molecule has 0 radical (unpaired) electrons. The van der Waals surface area contributed by atoms with E-state index in [1.807, 2.05) is 24.4 Å². The van der Waals surface area contributed by atoms with Gasteiger partial charge in [-0.3, -0.25) is 4.79 Å². The number of aromatic amines is 1. The fourth-order valence-corrected chi connectivity index (χ4v) is 4.53. The molecule has 0 fully saturated rings. The van der Waals surface area contributed by atoms with E-state index in [1.165, 1.54) is 23.5 Å². The van der Waals surface area contributed by atoms with Gasteiger partial charge in [-0.05, 0) is 42.5 Å². The number of aromatic nitrogens is 1. The molecule has 0 saturated carbocycles. The number of furan rings is 1. The van der Waals surface area contributed by atoms with Crippen molar-refractivity contribution in [1.82, 2.24) is 9.99 Å². The summed E-state index contributed by atoms with van der Waals surface area (Å²) in [6, 6.07) is 6.97. The number of methoxy groups -OCH3 is 1. The second kappa shape index (κ2) is 9.45. The summed E-state index contributed by atoms with van der Waals surface area (Å²) in [5.74, 6) is -1.16. The first-order chi connectivity index (χ1) is 15.9. The number of thiophene rings is 1. The van der Waals surface area contributed by atoms with E-state index in [1.54, 1.807) is 25.3 Å². The van der Waals surface area contributed by atoms with Gasteiger partial charge in [-0.1, -0.05) is 13.0 Å². The van der Waals surface area contributed by atoms with E-state index in [4.69, 9.17) is 13.9 Å². The minimum atomic E-state index is -0.734. The number of hydrazone groups is 1. The van der Waals surface area contributed by atoms with Gasteiger partial charge in [0.25, 0.3) is 5.91 Å². The van der Waals surface area contributed by atoms with Crippen molar-refractivity contribution in [3.8, 4) is 0 Å². The van der Waals surface area contributed by atoms with E-state index in [-0.39, 0.29) is 5.69 Å². The number of rotatable bonds is 7. The number of H-pyrrole nitrogens is 1. The zero-order valence-electron chi connectivity index (χ0n) is 18.4. The molecule has 1 unspecified atom stereocenters. The van der Waals surface area contributed by atoms with Crippen LogP contribution >= 0.6 is 11.3 Å². The second-order valence-electron chi connectivity index (χ2n) is 7.40. The van der Waals surface area contributed by atoms with Crippen molar-refractivity contribution in [2.45, 2.75) is 32.7 Å². The molecule has 0 aromatic carbocycles. The highest BCUT2D eigenvalue weighted by atomic mass is 32.1. The average molecular weight is 470 g/mol. The van der Waals surface area contributed by atoms with E-state index >= 15 is 0 Å². The molecule has 33 heavy (non-hydrogen) atoms. The molecule has 9 nitrogen and oxygen atoms in total. The van der Waals surface area contributed by atoms with Crippen LogP contribution in [0.25, 0.3) is 0 Å². The summed E-state index contributed by atoms with van der Waals surface area (Å²) in [6.07, 6.45) is 2.53. The molecule has 1 amide bonds. The van der Waals surface area contributed by atoms with E-state index < -0.39 is 30.5 Å². The first-order valence-corrected chi connectivity index (χ1v) is 11.3. The molecule has 172 valence electrons. The van der Waals surface area contributed by atoms with Gasteiger partial charge in [-0.25, -0.2) is 14.6 Å². The molecular formula is C23H23N3O6S. The fourth-order valence-electron chi connectivity index (χ4n) is 3.81. The number of aryl methyl sites for hydroxylation is 1. The zero-order chi connectivity index (χ0) is 23.5. The molecule has 3 aromatic rings. The molecule has 0 saturated heterocycles. The molecule has 1 aliphatic heterocycles. The Balaban J connectivity index is 1.51. The van der Waals surface area contributed by atoms with Gasteiger partial charge in [0.05, 0.1) is 29.5 Å². The number of amides is 1. The largest absolute Gasteiger partial charge is 0.467 e. The molecule has 0 bridgehead atoms. The highest BCUT2D eigenvalue weighted by molar-refractivity contribution is 7.12. The maximum atomic E-state index is 13.0. The Bertz CT molecular complexity index is 1190. The quantitative estimate of drug-likeness (QED) is 0.526. The molecule has 4 heterocycles. The third-order valence-corrected chi connectivity index (χ3v) is 6.36. The summed E-state index contributed by atoms with van der Waals surface area (Å²) in [7, 11) is 1.28. The third kappa shape index (κ3) is 4.34. The van der Waals surface area contributed by atoms with Gasteiger partial charge in [0.1, 0.15) is 17.5 Å². The number of nitrogens with zero attached hydrogens (tertiary/aromatic N) is 2.